The minimum absolute atomic E-state index is 0.0420. The first kappa shape index (κ1) is 16.1. The van der Waals surface area contributed by atoms with Crippen molar-refractivity contribution in [2.24, 2.45) is 11.1 Å². The van der Waals surface area contributed by atoms with Gasteiger partial charge in [0.1, 0.15) is 17.4 Å². The van der Waals surface area contributed by atoms with Gasteiger partial charge in [-0.05, 0) is 45.7 Å². The highest BCUT2D eigenvalue weighted by Crippen LogP contribution is 2.47. The van der Waals surface area contributed by atoms with Gasteiger partial charge >= 0.3 is 0 Å². The largest absolute Gasteiger partial charge is 0.444 e. The number of ether oxygens (including phenoxy) is 1. The second-order valence-electron chi connectivity index (χ2n) is 6.76. The van der Waals surface area contributed by atoms with Gasteiger partial charge < -0.3 is 10.5 Å². The topological polar surface area (TPSA) is 76.1 Å². The van der Waals surface area contributed by atoms with Gasteiger partial charge in [-0.25, -0.2) is 0 Å². The van der Waals surface area contributed by atoms with Crippen LogP contribution in [0.25, 0.3) is 0 Å². The molecule has 0 spiro atoms. The molecule has 0 amide bonds. The van der Waals surface area contributed by atoms with E-state index in [2.05, 4.69) is 28.7 Å². The van der Waals surface area contributed by atoms with E-state index in [9.17, 15) is 10.1 Å². The number of hydrogen-bond acceptors (Lipinski definition) is 4. The number of allylic oxidation sites excluding steroid dienone is 3. The Bertz CT molecular complexity index is 799. The van der Waals surface area contributed by atoms with E-state index in [4.69, 9.17) is 10.5 Å². The van der Waals surface area contributed by atoms with Gasteiger partial charge in [-0.3, -0.25) is 4.79 Å². The van der Waals surface area contributed by atoms with Crippen LogP contribution in [0, 0.1) is 20.3 Å². The van der Waals surface area contributed by atoms with Crippen molar-refractivity contribution >= 4 is 28.4 Å². The zero-order chi connectivity index (χ0) is 16.8. The molecule has 1 atom stereocenters. The fraction of sp³-hybridized carbons (Fsp3) is 0.333. The van der Waals surface area contributed by atoms with E-state index < -0.39 is 5.92 Å². The number of ketones is 1. The molecular weight excluding hydrogens is 403 g/mol. The molecule has 3 rings (SSSR count). The summed E-state index contributed by atoms with van der Waals surface area (Å²) in [5.74, 6) is 0.342. The fourth-order valence-corrected chi connectivity index (χ4v) is 3.87. The summed E-state index contributed by atoms with van der Waals surface area (Å²) >= 11 is 2.22. The number of benzene rings is 1. The molecule has 1 aliphatic carbocycles. The second-order valence-corrected chi connectivity index (χ2v) is 8.00. The summed E-state index contributed by atoms with van der Waals surface area (Å²) in [6.45, 7) is 4.08. The summed E-state index contributed by atoms with van der Waals surface area (Å²) in [5.41, 5.74) is 7.64. The van der Waals surface area contributed by atoms with Crippen LogP contribution < -0.4 is 5.73 Å². The third-order valence-corrected chi connectivity index (χ3v) is 4.93. The number of Topliss-reactive ketones (excluding diaryl/α,β-unsaturated/α-hetero) is 1. The summed E-state index contributed by atoms with van der Waals surface area (Å²) in [7, 11) is 0. The van der Waals surface area contributed by atoms with Crippen LogP contribution in [0.2, 0.25) is 0 Å². The molecule has 0 bridgehead atoms. The quantitative estimate of drug-likeness (QED) is 0.703. The molecule has 1 aliphatic heterocycles. The van der Waals surface area contributed by atoms with Gasteiger partial charge in [0.2, 0.25) is 5.88 Å². The first-order valence-electron chi connectivity index (χ1n) is 7.42. The van der Waals surface area contributed by atoms with E-state index in [1.54, 1.807) is 0 Å². The van der Waals surface area contributed by atoms with Crippen molar-refractivity contribution in [2.75, 3.05) is 0 Å². The van der Waals surface area contributed by atoms with Crippen LogP contribution in [0.3, 0.4) is 0 Å². The van der Waals surface area contributed by atoms with Crippen LogP contribution >= 0.6 is 22.6 Å². The monoisotopic (exact) mass is 420 g/mol. The zero-order valence-electron chi connectivity index (χ0n) is 13.0. The first-order valence-corrected chi connectivity index (χ1v) is 8.49. The SMILES string of the molecule is CC1(C)CC(=O)C2=C(C1)OC(N)=C(C#N)[C@H]2c1cccc(I)c1. The number of rotatable bonds is 1. The lowest BCUT2D eigenvalue weighted by Crippen LogP contribution is -2.33. The molecule has 1 aromatic rings. The fourth-order valence-electron chi connectivity index (χ4n) is 3.30. The van der Waals surface area contributed by atoms with Crippen LogP contribution in [0.5, 0.6) is 0 Å². The molecule has 2 aliphatic rings. The normalized spacial score (nSPS) is 23.2. The third-order valence-electron chi connectivity index (χ3n) is 4.26. The number of hydrogen-bond donors (Lipinski definition) is 1. The minimum Gasteiger partial charge on any atom is -0.444 e. The predicted molar refractivity (Wildman–Crippen MR) is 94.9 cm³/mol. The molecule has 23 heavy (non-hydrogen) atoms. The van der Waals surface area contributed by atoms with E-state index >= 15 is 0 Å². The predicted octanol–water partition coefficient (Wildman–Crippen LogP) is 3.74. The maximum atomic E-state index is 12.8. The highest BCUT2D eigenvalue weighted by Gasteiger charge is 2.42. The van der Waals surface area contributed by atoms with Crippen LogP contribution in [0.1, 0.15) is 38.2 Å². The Kier molecular flexibility index (Phi) is 3.96. The van der Waals surface area contributed by atoms with Gasteiger partial charge in [0.05, 0.1) is 5.92 Å². The molecule has 5 heteroatoms. The van der Waals surface area contributed by atoms with Crippen molar-refractivity contribution in [3.63, 3.8) is 0 Å². The van der Waals surface area contributed by atoms with Crippen LogP contribution in [-0.4, -0.2) is 5.78 Å². The smallest absolute Gasteiger partial charge is 0.205 e. The summed E-state index contributed by atoms with van der Waals surface area (Å²) in [6, 6.07) is 9.95. The van der Waals surface area contributed by atoms with E-state index in [1.807, 2.05) is 38.1 Å². The molecule has 1 heterocycles. The Morgan fingerprint density at radius 3 is 2.78 bits per heavy atom. The van der Waals surface area contributed by atoms with Crippen molar-refractivity contribution < 1.29 is 9.53 Å². The standard InChI is InChI=1S/C18H17IN2O2/c1-18(2)7-13(22)16-14(8-18)23-17(21)12(9-20)15(16)10-4-3-5-11(19)6-10/h3-6,15H,7-8,21H2,1-2H3/t15-/m1/s1. The third kappa shape index (κ3) is 2.88. The number of halogens is 1. The first-order chi connectivity index (χ1) is 10.8. The van der Waals surface area contributed by atoms with Crippen LogP contribution in [0.4, 0.5) is 0 Å². The molecule has 0 radical (unpaired) electrons. The maximum Gasteiger partial charge on any atom is 0.205 e. The summed E-state index contributed by atoms with van der Waals surface area (Å²) in [6.07, 6.45) is 1.10. The number of carbonyl (C=O) groups excluding carboxylic acids is 1. The number of nitrogens with zero attached hydrogens (tertiary/aromatic N) is 1. The van der Waals surface area contributed by atoms with Gasteiger partial charge in [0.15, 0.2) is 5.78 Å². The van der Waals surface area contributed by atoms with Crippen molar-refractivity contribution in [1.82, 2.24) is 0 Å². The molecule has 4 nitrogen and oxygen atoms in total. The lowest BCUT2D eigenvalue weighted by Gasteiger charge is -2.37. The highest BCUT2D eigenvalue weighted by molar-refractivity contribution is 14.1. The summed E-state index contributed by atoms with van der Waals surface area (Å²) in [5, 5.41) is 9.54. The number of nitriles is 1. The Labute approximate surface area is 149 Å². The van der Waals surface area contributed by atoms with Gasteiger partial charge in [-0.2, -0.15) is 5.26 Å². The molecular formula is C18H17IN2O2. The Morgan fingerprint density at radius 1 is 1.39 bits per heavy atom. The van der Waals surface area contributed by atoms with Crippen molar-refractivity contribution in [3.05, 3.63) is 56.2 Å². The minimum atomic E-state index is -0.429. The average molecular weight is 420 g/mol. The average Bonchev–Trinajstić information content (AvgIpc) is 2.44. The molecule has 0 unspecified atom stereocenters. The van der Waals surface area contributed by atoms with Crippen LogP contribution in [-0.2, 0) is 9.53 Å². The molecule has 0 saturated carbocycles. The van der Waals surface area contributed by atoms with Gasteiger partial charge in [-0.1, -0.05) is 26.0 Å². The van der Waals surface area contributed by atoms with Gasteiger partial charge in [0.25, 0.3) is 0 Å². The molecule has 118 valence electrons. The maximum absolute atomic E-state index is 12.8. The second kappa shape index (κ2) is 5.68. The van der Waals surface area contributed by atoms with E-state index in [0.29, 0.717) is 29.7 Å². The molecule has 0 aromatic heterocycles. The molecule has 0 saturated heterocycles. The van der Waals surface area contributed by atoms with Gasteiger partial charge in [0, 0.05) is 22.0 Å². The number of nitrogens with two attached hydrogens (primary N) is 1. The Balaban J connectivity index is 2.19. The highest BCUT2D eigenvalue weighted by atomic mass is 127. The van der Waals surface area contributed by atoms with Crippen molar-refractivity contribution in [2.45, 2.75) is 32.6 Å². The van der Waals surface area contributed by atoms with Crippen molar-refractivity contribution in [1.29, 1.82) is 5.26 Å². The van der Waals surface area contributed by atoms with E-state index in [0.717, 1.165) is 9.13 Å². The lowest BCUT2D eigenvalue weighted by atomic mass is 9.70. The van der Waals surface area contributed by atoms with Crippen LogP contribution in [0.15, 0.2) is 47.1 Å². The van der Waals surface area contributed by atoms with E-state index in [1.165, 1.54) is 0 Å². The Morgan fingerprint density at radius 2 is 2.13 bits per heavy atom. The lowest BCUT2D eigenvalue weighted by molar-refractivity contribution is -0.119. The molecule has 2 N–H and O–H groups in total. The Hall–Kier alpha value is -1.81. The van der Waals surface area contributed by atoms with Gasteiger partial charge in [-0.15, -0.1) is 0 Å². The van der Waals surface area contributed by atoms with E-state index in [-0.39, 0.29) is 17.1 Å². The summed E-state index contributed by atoms with van der Waals surface area (Å²) in [4.78, 5) is 12.8. The van der Waals surface area contributed by atoms with Crippen molar-refractivity contribution in [3.8, 4) is 6.07 Å². The summed E-state index contributed by atoms with van der Waals surface area (Å²) < 4.78 is 6.72. The molecule has 1 aromatic carbocycles. The number of carbonyl (C=O) groups is 1. The zero-order valence-corrected chi connectivity index (χ0v) is 15.2. The molecule has 0 fully saturated rings.